The normalized spacial score (nSPS) is 10.5. The van der Waals surface area contributed by atoms with Gasteiger partial charge in [0.15, 0.2) is 0 Å². The highest BCUT2D eigenvalue weighted by atomic mass is 35.5. The van der Waals surface area contributed by atoms with Crippen LogP contribution in [0.4, 0.5) is 5.82 Å². The fourth-order valence-corrected chi connectivity index (χ4v) is 2.40. The Morgan fingerprint density at radius 3 is 2.48 bits per heavy atom. The molecule has 0 spiro atoms. The smallest absolute Gasteiger partial charge is 0.135 e. The molecule has 0 unspecified atom stereocenters. The van der Waals surface area contributed by atoms with Crippen LogP contribution in [0.15, 0.2) is 60.7 Å². The summed E-state index contributed by atoms with van der Waals surface area (Å²) in [6, 6.07) is 19.4. The van der Waals surface area contributed by atoms with E-state index in [2.05, 4.69) is 9.97 Å². The van der Waals surface area contributed by atoms with Crippen LogP contribution in [-0.2, 0) is 6.42 Å². The Hall–Kier alpha value is -2.39. The largest absolute Gasteiger partial charge is 0.384 e. The summed E-state index contributed by atoms with van der Waals surface area (Å²) < 4.78 is 0. The lowest BCUT2D eigenvalue weighted by Crippen LogP contribution is -2.02. The van der Waals surface area contributed by atoms with Gasteiger partial charge in [0.25, 0.3) is 0 Å². The average molecular weight is 296 g/mol. The van der Waals surface area contributed by atoms with Crippen LogP contribution in [-0.4, -0.2) is 9.97 Å². The van der Waals surface area contributed by atoms with Crippen molar-refractivity contribution in [1.82, 2.24) is 9.97 Å². The van der Waals surface area contributed by atoms with Crippen molar-refractivity contribution in [2.75, 3.05) is 5.73 Å². The van der Waals surface area contributed by atoms with Gasteiger partial charge in [-0.1, -0.05) is 54.1 Å². The zero-order chi connectivity index (χ0) is 14.7. The Balaban J connectivity index is 1.95. The van der Waals surface area contributed by atoms with Gasteiger partial charge < -0.3 is 5.73 Å². The molecule has 104 valence electrons. The minimum absolute atomic E-state index is 0.473. The number of nitrogens with zero attached hydrogens (tertiary/aromatic N) is 2. The first kappa shape index (κ1) is 13.6. The predicted octanol–water partition coefficient (Wildman–Crippen LogP) is 3.97. The maximum absolute atomic E-state index is 6.00. The summed E-state index contributed by atoms with van der Waals surface area (Å²) in [6.07, 6.45) is 0.603. The number of nitrogen functional groups attached to an aromatic ring is 1. The van der Waals surface area contributed by atoms with Crippen molar-refractivity contribution >= 4 is 17.4 Å². The van der Waals surface area contributed by atoms with Gasteiger partial charge in [-0.3, -0.25) is 0 Å². The van der Waals surface area contributed by atoms with Crippen molar-refractivity contribution < 1.29 is 0 Å². The van der Waals surface area contributed by atoms with Crippen molar-refractivity contribution in [2.45, 2.75) is 6.42 Å². The number of benzene rings is 2. The minimum Gasteiger partial charge on any atom is -0.384 e. The van der Waals surface area contributed by atoms with Crippen molar-refractivity contribution in [3.05, 3.63) is 77.1 Å². The molecular weight excluding hydrogens is 282 g/mol. The summed E-state index contributed by atoms with van der Waals surface area (Å²) in [5.74, 6) is 1.16. The molecule has 0 radical (unpaired) electrons. The van der Waals surface area contributed by atoms with E-state index >= 15 is 0 Å². The lowest BCUT2D eigenvalue weighted by molar-refractivity contribution is 0.978. The summed E-state index contributed by atoms with van der Waals surface area (Å²) in [4.78, 5) is 8.90. The second-order valence-electron chi connectivity index (χ2n) is 4.77. The van der Waals surface area contributed by atoms with Crippen LogP contribution in [0.3, 0.4) is 0 Å². The van der Waals surface area contributed by atoms with Crippen molar-refractivity contribution in [1.29, 1.82) is 0 Å². The highest BCUT2D eigenvalue weighted by Gasteiger charge is 2.06. The molecular formula is C17H14ClN3. The first-order valence-corrected chi connectivity index (χ1v) is 7.02. The lowest BCUT2D eigenvalue weighted by atomic mass is 10.1. The molecule has 0 saturated carbocycles. The molecule has 0 aliphatic heterocycles. The van der Waals surface area contributed by atoms with E-state index in [1.165, 1.54) is 0 Å². The third-order valence-electron chi connectivity index (χ3n) is 3.11. The summed E-state index contributed by atoms with van der Waals surface area (Å²) in [5, 5.41) is 0.708. The summed E-state index contributed by atoms with van der Waals surface area (Å²) >= 11 is 6.00. The maximum Gasteiger partial charge on any atom is 0.135 e. The number of halogens is 1. The van der Waals surface area contributed by atoms with Gasteiger partial charge in [-0.15, -0.1) is 0 Å². The van der Waals surface area contributed by atoms with Gasteiger partial charge in [0.05, 0.1) is 5.69 Å². The van der Waals surface area contributed by atoms with Crippen molar-refractivity contribution in [2.24, 2.45) is 0 Å². The Labute approximate surface area is 128 Å². The van der Waals surface area contributed by atoms with Crippen LogP contribution in [0, 0.1) is 0 Å². The highest BCUT2D eigenvalue weighted by molar-refractivity contribution is 6.30. The number of anilines is 1. The molecule has 1 heterocycles. The van der Waals surface area contributed by atoms with Gasteiger partial charge in [-0.2, -0.15) is 0 Å². The molecule has 1 aromatic heterocycles. The number of hydrogen-bond donors (Lipinski definition) is 1. The standard InChI is InChI=1S/C17H14ClN3/c18-14-8-4-5-12(9-14)10-17-20-15(11-16(19)21-17)13-6-2-1-3-7-13/h1-9,11H,10H2,(H2,19,20,21). The lowest BCUT2D eigenvalue weighted by Gasteiger charge is -2.06. The fraction of sp³-hybridized carbons (Fsp3) is 0.0588. The van der Waals surface area contributed by atoms with Gasteiger partial charge in [-0.05, 0) is 17.7 Å². The second kappa shape index (κ2) is 5.94. The van der Waals surface area contributed by atoms with E-state index in [-0.39, 0.29) is 0 Å². The second-order valence-corrected chi connectivity index (χ2v) is 5.20. The molecule has 21 heavy (non-hydrogen) atoms. The van der Waals surface area contributed by atoms with Gasteiger partial charge >= 0.3 is 0 Å². The number of hydrogen-bond acceptors (Lipinski definition) is 3. The number of rotatable bonds is 3. The average Bonchev–Trinajstić information content (AvgIpc) is 2.47. The molecule has 2 aromatic carbocycles. The summed E-state index contributed by atoms with van der Waals surface area (Å²) in [6.45, 7) is 0. The monoisotopic (exact) mass is 295 g/mol. The van der Waals surface area contributed by atoms with Gasteiger partial charge in [0, 0.05) is 23.1 Å². The molecule has 3 nitrogen and oxygen atoms in total. The van der Waals surface area contributed by atoms with E-state index in [0.29, 0.717) is 23.1 Å². The van der Waals surface area contributed by atoms with Crippen LogP contribution >= 0.6 is 11.6 Å². The van der Waals surface area contributed by atoms with Gasteiger partial charge in [0.2, 0.25) is 0 Å². The van der Waals surface area contributed by atoms with E-state index in [9.17, 15) is 0 Å². The van der Waals surface area contributed by atoms with Gasteiger partial charge in [-0.25, -0.2) is 9.97 Å². The third-order valence-corrected chi connectivity index (χ3v) is 3.35. The topological polar surface area (TPSA) is 51.8 Å². The molecule has 2 N–H and O–H groups in total. The van der Waals surface area contributed by atoms with Crippen LogP contribution in [0.2, 0.25) is 5.02 Å². The first-order chi connectivity index (χ1) is 10.2. The third kappa shape index (κ3) is 3.38. The molecule has 0 fully saturated rings. The molecule has 0 aliphatic rings. The number of nitrogens with two attached hydrogens (primary N) is 1. The van der Waals surface area contributed by atoms with E-state index in [0.717, 1.165) is 16.8 Å². The quantitative estimate of drug-likeness (QED) is 0.795. The zero-order valence-corrected chi connectivity index (χ0v) is 12.1. The Morgan fingerprint density at radius 1 is 0.905 bits per heavy atom. The molecule has 4 heteroatoms. The summed E-state index contributed by atoms with van der Waals surface area (Å²) in [5.41, 5.74) is 8.83. The molecule has 0 amide bonds. The van der Waals surface area contributed by atoms with Crippen molar-refractivity contribution in [3.8, 4) is 11.3 Å². The summed E-state index contributed by atoms with van der Waals surface area (Å²) in [7, 11) is 0. The molecule has 3 rings (SSSR count). The van der Waals surface area contributed by atoms with Crippen LogP contribution < -0.4 is 5.73 Å². The molecule has 0 atom stereocenters. The molecule has 0 saturated heterocycles. The molecule has 3 aromatic rings. The van der Waals surface area contributed by atoms with Crippen LogP contribution in [0.5, 0.6) is 0 Å². The zero-order valence-electron chi connectivity index (χ0n) is 11.3. The minimum atomic E-state index is 0.473. The Bertz CT molecular complexity index is 757. The highest BCUT2D eigenvalue weighted by Crippen LogP contribution is 2.20. The number of aromatic nitrogens is 2. The van der Waals surface area contributed by atoms with Crippen LogP contribution in [0.1, 0.15) is 11.4 Å². The van der Waals surface area contributed by atoms with E-state index in [4.69, 9.17) is 17.3 Å². The predicted molar refractivity (Wildman–Crippen MR) is 86.1 cm³/mol. The van der Waals surface area contributed by atoms with E-state index < -0.39 is 0 Å². The SMILES string of the molecule is Nc1cc(-c2ccccc2)nc(Cc2cccc(Cl)c2)n1. The molecule has 0 aliphatic carbocycles. The Kier molecular flexibility index (Phi) is 3.84. The van der Waals surface area contributed by atoms with E-state index in [1.807, 2.05) is 54.6 Å². The van der Waals surface area contributed by atoms with Crippen LogP contribution in [0.25, 0.3) is 11.3 Å². The first-order valence-electron chi connectivity index (χ1n) is 6.64. The van der Waals surface area contributed by atoms with Crippen molar-refractivity contribution in [3.63, 3.8) is 0 Å². The Morgan fingerprint density at radius 2 is 1.71 bits per heavy atom. The fourth-order valence-electron chi connectivity index (χ4n) is 2.18. The van der Waals surface area contributed by atoms with Gasteiger partial charge in [0.1, 0.15) is 11.6 Å². The van der Waals surface area contributed by atoms with E-state index in [1.54, 1.807) is 6.07 Å². The molecule has 0 bridgehead atoms. The maximum atomic E-state index is 6.00.